The van der Waals surface area contributed by atoms with Gasteiger partial charge in [0.25, 0.3) is 0 Å². The van der Waals surface area contributed by atoms with Crippen molar-refractivity contribution in [2.75, 3.05) is 40.8 Å². The van der Waals surface area contributed by atoms with Crippen LogP contribution in [0, 0.1) is 13.8 Å². The smallest absolute Gasteiger partial charge is 0.124 e. The summed E-state index contributed by atoms with van der Waals surface area (Å²) in [5, 5.41) is 0. The standard InChI is InChI=1S/C15H24N2O/c1-11-8-13(9-12(2)15(11)18-5)14-10-16(3)6-7-17(14)4/h8-9,14H,6-7,10H2,1-5H3. The molecule has 1 unspecified atom stereocenters. The van der Waals surface area contributed by atoms with Gasteiger partial charge < -0.3 is 9.64 Å². The predicted octanol–water partition coefficient (Wildman–Crippen LogP) is 2.23. The van der Waals surface area contributed by atoms with Gasteiger partial charge in [0.1, 0.15) is 5.75 Å². The SMILES string of the molecule is COc1c(C)cc(C2CN(C)CCN2C)cc1C. The molecule has 3 nitrogen and oxygen atoms in total. The predicted molar refractivity (Wildman–Crippen MR) is 75.3 cm³/mol. The Bertz CT molecular complexity index is 407. The molecule has 2 rings (SSSR count). The van der Waals surface area contributed by atoms with Crippen LogP contribution in [0.15, 0.2) is 12.1 Å². The number of benzene rings is 1. The Morgan fingerprint density at radius 3 is 2.28 bits per heavy atom. The second-order valence-corrected chi connectivity index (χ2v) is 5.45. The second kappa shape index (κ2) is 5.29. The van der Waals surface area contributed by atoms with E-state index in [-0.39, 0.29) is 0 Å². The number of likely N-dealkylation sites (N-methyl/N-ethyl adjacent to an activating group) is 2. The first-order valence-electron chi connectivity index (χ1n) is 6.57. The Labute approximate surface area is 110 Å². The van der Waals surface area contributed by atoms with Gasteiger partial charge in [0, 0.05) is 25.7 Å². The summed E-state index contributed by atoms with van der Waals surface area (Å²) in [5.41, 5.74) is 3.86. The number of hydrogen-bond donors (Lipinski definition) is 0. The maximum Gasteiger partial charge on any atom is 0.124 e. The van der Waals surface area contributed by atoms with Crippen molar-refractivity contribution < 1.29 is 4.74 Å². The lowest BCUT2D eigenvalue weighted by Gasteiger charge is -2.38. The van der Waals surface area contributed by atoms with Crippen molar-refractivity contribution >= 4 is 0 Å². The largest absolute Gasteiger partial charge is 0.496 e. The van der Waals surface area contributed by atoms with E-state index in [0.29, 0.717) is 6.04 Å². The van der Waals surface area contributed by atoms with E-state index in [1.165, 1.54) is 16.7 Å². The van der Waals surface area contributed by atoms with Crippen LogP contribution in [0.1, 0.15) is 22.7 Å². The molecule has 1 atom stereocenters. The van der Waals surface area contributed by atoms with E-state index in [1.54, 1.807) is 7.11 Å². The van der Waals surface area contributed by atoms with Crippen LogP contribution in [0.3, 0.4) is 0 Å². The first kappa shape index (κ1) is 13.4. The number of rotatable bonds is 2. The molecule has 1 aromatic rings. The topological polar surface area (TPSA) is 15.7 Å². The van der Waals surface area contributed by atoms with Gasteiger partial charge in [0.2, 0.25) is 0 Å². The summed E-state index contributed by atoms with van der Waals surface area (Å²) in [6.45, 7) is 7.64. The van der Waals surface area contributed by atoms with E-state index in [4.69, 9.17) is 4.74 Å². The highest BCUT2D eigenvalue weighted by Crippen LogP contribution is 2.30. The van der Waals surface area contributed by atoms with Gasteiger partial charge in [-0.2, -0.15) is 0 Å². The van der Waals surface area contributed by atoms with Crippen molar-refractivity contribution in [2.24, 2.45) is 0 Å². The lowest BCUT2D eigenvalue weighted by atomic mass is 9.98. The number of aryl methyl sites for hydroxylation is 2. The van der Waals surface area contributed by atoms with Gasteiger partial charge in [-0.1, -0.05) is 12.1 Å². The molecule has 1 saturated heterocycles. The molecule has 18 heavy (non-hydrogen) atoms. The molecule has 1 aromatic carbocycles. The monoisotopic (exact) mass is 248 g/mol. The number of ether oxygens (including phenoxy) is 1. The van der Waals surface area contributed by atoms with Crippen LogP contribution in [0.5, 0.6) is 5.75 Å². The van der Waals surface area contributed by atoms with Gasteiger partial charge in [-0.15, -0.1) is 0 Å². The van der Waals surface area contributed by atoms with Gasteiger partial charge in [0.15, 0.2) is 0 Å². The molecule has 0 radical (unpaired) electrons. The zero-order valence-electron chi connectivity index (χ0n) is 12.2. The minimum atomic E-state index is 0.493. The molecular formula is C15H24N2O. The summed E-state index contributed by atoms with van der Waals surface area (Å²) in [6, 6.07) is 5.03. The maximum atomic E-state index is 5.44. The lowest BCUT2D eigenvalue weighted by molar-refractivity contribution is 0.115. The molecule has 1 aliphatic heterocycles. The minimum absolute atomic E-state index is 0.493. The molecule has 1 heterocycles. The Hall–Kier alpha value is -1.06. The van der Waals surface area contributed by atoms with Gasteiger partial charge in [-0.25, -0.2) is 0 Å². The van der Waals surface area contributed by atoms with E-state index in [9.17, 15) is 0 Å². The molecule has 1 fully saturated rings. The molecule has 0 aliphatic carbocycles. The molecule has 0 spiro atoms. The van der Waals surface area contributed by atoms with E-state index in [0.717, 1.165) is 25.4 Å². The third-order valence-corrected chi connectivity index (χ3v) is 3.92. The third kappa shape index (κ3) is 2.52. The molecule has 1 aliphatic rings. The molecule has 0 aromatic heterocycles. The highest BCUT2D eigenvalue weighted by Gasteiger charge is 2.24. The fourth-order valence-corrected chi connectivity index (χ4v) is 2.87. The van der Waals surface area contributed by atoms with Crippen molar-refractivity contribution in [1.29, 1.82) is 0 Å². The van der Waals surface area contributed by atoms with Crippen molar-refractivity contribution in [1.82, 2.24) is 9.80 Å². The van der Waals surface area contributed by atoms with Crippen LogP contribution in [-0.2, 0) is 0 Å². The van der Waals surface area contributed by atoms with Gasteiger partial charge in [-0.05, 0) is 44.6 Å². The first-order valence-corrected chi connectivity index (χ1v) is 6.57. The Kier molecular flexibility index (Phi) is 3.93. The summed E-state index contributed by atoms with van der Waals surface area (Å²) in [5.74, 6) is 1.02. The highest BCUT2D eigenvalue weighted by molar-refractivity contribution is 5.44. The fourth-order valence-electron chi connectivity index (χ4n) is 2.87. The average molecular weight is 248 g/mol. The normalized spacial score (nSPS) is 22.2. The number of piperazine rings is 1. The van der Waals surface area contributed by atoms with Crippen LogP contribution in [0.4, 0.5) is 0 Å². The van der Waals surface area contributed by atoms with Gasteiger partial charge in [-0.3, -0.25) is 4.90 Å². The minimum Gasteiger partial charge on any atom is -0.496 e. The van der Waals surface area contributed by atoms with Crippen molar-refractivity contribution in [3.05, 3.63) is 28.8 Å². The van der Waals surface area contributed by atoms with Crippen LogP contribution in [0.2, 0.25) is 0 Å². The van der Waals surface area contributed by atoms with E-state index in [2.05, 4.69) is 49.9 Å². The molecule has 0 bridgehead atoms. The molecular weight excluding hydrogens is 224 g/mol. The van der Waals surface area contributed by atoms with Crippen LogP contribution in [-0.4, -0.2) is 50.6 Å². The summed E-state index contributed by atoms with van der Waals surface area (Å²) in [7, 11) is 6.16. The molecule has 0 N–H and O–H groups in total. The summed E-state index contributed by atoms with van der Waals surface area (Å²) in [4.78, 5) is 4.85. The third-order valence-electron chi connectivity index (χ3n) is 3.92. The molecule has 100 valence electrons. The Morgan fingerprint density at radius 2 is 1.72 bits per heavy atom. The van der Waals surface area contributed by atoms with Crippen LogP contribution < -0.4 is 4.74 Å². The Morgan fingerprint density at radius 1 is 1.11 bits per heavy atom. The zero-order valence-corrected chi connectivity index (χ0v) is 12.2. The van der Waals surface area contributed by atoms with E-state index < -0.39 is 0 Å². The average Bonchev–Trinajstić information content (AvgIpc) is 2.32. The maximum absolute atomic E-state index is 5.44. The van der Waals surface area contributed by atoms with Crippen LogP contribution >= 0.6 is 0 Å². The quantitative estimate of drug-likeness (QED) is 0.798. The summed E-state index contributed by atoms with van der Waals surface area (Å²) >= 11 is 0. The van der Waals surface area contributed by atoms with Gasteiger partial charge in [0.05, 0.1) is 7.11 Å². The van der Waals surface area contributed by atoms with Crippen LogP contribution in [0.25, 0.3) is 0 Å². The number of methoxy groups -OCH3 is 1. The van der Waals surface area contributed by atoms with Gasteiger partial charge >= 0.3 is 0 Å². The highest BCUT2D eigenvalue weighted by atomic mass is 16.5. The Balaban J connectivity index is 2.33. The lowest BCUT2D eigenvalue weighted by Crippen LogP contribution is -2.44. The van der Waals surface area contributed by atoms with Crippen molar-refractivity contribution in [2.45, 2.75) is 19.9 Å². The molecule has 0 amide bonds. The summed E-state index contributed by atoms with van der Waals surface area (Å²) in [6.07, 6.45) is 0. The number of hydrogen-bond acceptors (Lipinski definition) is 3. The summed E-state index contributed by atoms with van der Waals surface area (Å²) < 4.78 is 5.44. The molecule has 3 heteroatoms. The van der Waals surface area contributed by atoms with Crippen molar-refractivity contribution in [3.63, 3.8) is 0 Å². The zero-order chi connectivity index (χ0) is 13.3. The van der Waals surface area contributed by atoms with E-state index >= 15 is 0 Å². The molecule has 0 saturated carbocycles. The number of nitrogens with zero attached hydrogens (tertiary/aromatic N) is 2. The van der Waals surface area contributed by atoms with Crippen molar-refractivity contribution in [3.8, 4) is 5.75 Å². The first-order chi connectivity index (χ1) is 8.52. The second-order valence-electron chi connectivity index (χ2n) is 5.45. The fraction of sp³-hybridized carbons (Fsp3) is 0.600. The van der Waals surface area contributed by atoms with E-state index in [1.807, 2.05) is 0 Å².